The van der Waals surface area contributed by atoms with Crippen LogP contribution in [0.1, 0.15) is 23.2 Å². The smallest absolute Gasteiger partial charge is 0.474 e. The van der Waals surface area contributed by atoms with E-state index in [-0.39, 0.29) is 11.9 Å². The number of ether oxygens (including phenoxy) is 3. The quantitative estimate of drug-likeness (QED) is 0.477. The van der Waals surface area contributed by atoms with Crippen LogP contribution in [0.4, 0.5) is 14.5 Å². The van der Waals surface area contributed by atoms with Gasteiger partial charge in [0.15, 0.2) is 0 Å². The Labute approximate surface area is 193 Å². The summed E-state index contributed by atoms with van der Waals surface area (Å²) in [6.07, 6.45) is 6.23. The van der Waals surface area contributed by atoms with Crippen molar-refractivity contribution >= 4 is 23.2 Å². The molecule has 1 amide bonds. The molecule has 4 rings (SSSR count). The fraction of sp³-hybridized carbons (Fsp3) is 0.261. The number of aromatic nitrogens is 2. The highest BCUT2D eigenvalue weighted by Gasteiger charge is 2.27. The van der Waals surface area contributed by atoms with Gasteiger partial charge in [-0.2, -0.15) is 0 Å². The molecule has 172 valence electrons. The van der Waals surface area contributed by atoms with E-state index in [2.05, 4.69) is 20.0 Å². The first-order valence-electron chi connectivity index (χ1n) is 10.2. The van der Waals surface area contributed by atoms with Crippen LogP contribution >= 0.6 is 11.6 Å². The number of carbonyl (C=O) groups excluding carboxylic acids is 1. The maximum absolute atomic E-state index is 12.8. The number of hydrogen-bond donors (Lipinski definition) is 1. The first-order chi connectivity index (χ1) is 15.9. The molecule has 0 radical (unpaired) electrons. The molecule has 0 bridgehead atoms. The maximum Gasteiger partial charge on any atom is 0.487 e. The minimum absolute atomic E-state index is 0.0255. The third-order valence-corrected chi connectivity index (χ3v) is 4.96. The van der Waals surface area contributed by atoms with Crippen LogP contribution in [0.3, 0.4) is 0 Å². The minimum atomic E-state index is -3.81. The molecular formula is C23H20ClF2N3O4. The predicted molar refractivity (Wildman–Crippen MR) is 118 cm³/mol. The molecule has 0 unspecified atom stereocenters. The van der Waals surface area contributed by atoms with Crippen LogP contribution in [0.15, 0.2) is 61.1 Å². The van der Waals surface area contributed by atoms with Gasteiger partial charge in [-0.25, -0.2) is 4.98 Å². The zero-order chi connectivity index (χ0) is 23.3. The van der Waals surface area contributed by atoms with Crippen molar-refractivity contribution in [2.45, 2.75) is 24.5 Å². The summed E-state index contributed by atoms with van der Waals surface area (Å²) in [5.74, 6) is -0.153. The van der Waals surface area contributed by atoms with E-state index in [0.717, 1.165) is 18.4 Å². The molecule has 1 aliphatic heterocycles. The van der Waals surface area contributed by atoms with Crippen LogP contribution in [0.5, 0.6) is 11.6 Å². The third kappa shape index (κ3) is 6.36. The second kappa shape index (κ2) is 10.1. The minimum Gasteiger partial charge on any atom is -0.474 e. The van der Waals surface area contributed by atoms with Crippen LogP contribution in [-0.4, -0.2) is 40.8 Å². The number of halogens is 3. The predicted octanol–water partition coefficient (Wildman–Crippen LogP) is 5.12. The van der Waals surface area contributed by atoms with Gasteiger partial charge in [0.2, 0.25) is 5.88 Å². The number of nitrogens with one attached hydrogen (secondary N) is 1. The molecule has 1 aromatic carbocycles. The van der Waals surface area contributed by atoms with E-state index >= 15 is 0 Å². The van der Waals surface area contributed by atoms with Crippen molar-refractivity contribution in [2.75, 3.05) is 18.5 Å². The summed E-state index contributed by atoms with van der Waals surface area (Å²) in [5.41, 5.74) is -1.75. The topological polar surface area (TPSA) is 82.6 Å². The second-order valence-electron chi connectivity index (χ2n) is 7.27. The van der Waals surface area contributed by atoms with Gasteiger partial charge >= 0.3 is 5.57 Å². The maximum atomic E-state index is 12.8. The molecule has 2 aromatic heterocycles. The molecule has 1 N–H and O–H groups in total. The first kappa shape index (κ1) is 22.9. The summed E-state index contributed by atoms with van der Waals surface area (Å²) in [6.45, 7) is 1.25. The first-order valence-corrected chi connectivity index (χ1v) is 10.6. The lowest BCUT2D eigenvalue weighted by Crippen LogP contribution is -2.26. The van der Waals surface area contributed by atoms with Crippen molar-refractivity contribution in [3.63, 3.8) is 0 Å². The summed E-state index contributed by atoms with van der Waals surface area (Å²) in [4.78, 5) is 21.4. The molecule has 1 fully saturated rings. The Kier molecular flexibility index (Phi) is 7.00. The van der Waals surface area contributed by atoms with Crippen molar-refractivity contribution in [3.05, 3.63) is 66.6 Å². The number of alkyl halides is 3. The van der Waals surface area contributed by atoms with Crippen LogP contribution in [0.2, 0.25) is 0 Å². The van der Waals surface area contributed by atoms with E-state index in [1.807, 2.05) is 6.07 Å². The molecule has 0 atom stereocenters. The van der Waals surface area contributed by atoms with Crippen LogP contribution in [0, 0.1) is 0 Å². The third-order valence-electron chi connectivity index (χ3n) is 4.88. The SMILES string of the molecule is O=C(Nc1ccc(OC(F)(F)Cl)cc1)c1cnc(OC2CCOCC2)c(-c2cccnc2)c1. The van der Waals surface area contributed by atoms with Gasteiger partial charge in [0, 0.05) is 59.8 Å². The molecular weight excluding hydrogens is 456 g/mol. The summed E-state index contributed by atoms with van der Waals surface area (Å²) in [7, 11) is 0. The fourth-order valence-electron chi connectivity index (χ4n) is 3.29. The fourth-order valence-corrected chi connectivity index (χ4v) is 3.38. The van der Waals surface area contributed by atoms with Gasteiger partial charge in [-0.3, -0.25) is 9.78 Å². The lowest BCUT2D eigenvalue weighted by atomic mass is 10.1. The van der Waals surface area contributed by atoms with Crippen LogP contribution in [-0.2, 0) is 4.74 Å². The lowest BCUT2D eigenvalue weighted by Gasteiger charge is -2.24. The number of rotatable bonds is 7. The number of pyridine rings is 2. The standard InChI is InChI=1S/C23H20ClF2N3O4/c24-23(25,26)33-19-5-3-17(4-6-19)29-21(30)16-12-20(15-2-1-9-27-13-15)22(28-14-16)32-18-7-10-31-11-8-18/h1-6,9,12-14,18H,7-8,10-11H2,(H,29,30). The molecule has 7 nitrogen and oxygen atoms in total. The summed E-state index contributed by atoms with van der Waals surface area (Å²) >= 11 is 4.76. The Morgan fingerprint density at radius 1 is 1.15 bits per heavy atom. The van der Waals surface area contributed by atoms with Gasteiger partial charge in [-0.05, 0) is 36.4 Å². The van der Waals surface area contributed by atoms with Crippen molar-refractivity contribution in [1.82, 2.24) is 9.97 Å². The van der Waals surface area contributed by atoms with Crippen molar-refractivity contribution in [3.8, 4) is 22.8 Å². The molecule has 1 aliphatic rings. The number of anilines is 1. The highest BCUT2D eigenvalue weighted by Crippen LogP contribution is 2.31. The van der Waals surface area contributed by atoms with Crippen LogP contribution < -0.4 is 14.8 Å². The van der Waals surface area contributed by atoms with E-state index in [1.54, 1.807) is 24.5 Å². The number of benzene rings is 1. The Balaban J connectivity index is 1.54. The van der Waals surface area contributed by atoms with E-state index in [4.69, 9.17) is 21.1 Å². The highest BCUT2D eigenvalue weighted by molar-refractivity contribution is 6.20. The molecule has 3 heterocycles. The Morgan fingerprint density at radius 2 is 1.91 bits per heavy atom. The second-order valence-corrected chi connectivity index (χ2v) is 7.71. The summed E-state index contributed by atoms with van der Waals surface area (Å²) < 4.78 is 41.2. The van der Waals surface area contributed by atoms with Crippen molar-refractivity contribution in [1.29, 1.82) is 0 Å². The van der Waals surface area contributed by atoms with E-state index in [1.165, 1.54) is 30.5 Å². The average molecular weight is 476 g/mol. The lowest BCUT2D eigenvalue weighted by molar-refractivity contribution is -0.0964. The number of amides is 1. The normalized spacial score (nSPS) is 14.5. The molecule has 1 saturated heterocycles. The van der Waals surface area contributed by atoms with E-state index in [0.29, 0.717) is 35.9 Å². The van der Waals surface area contributed by atoms with Crippen LogP contribution in [0.25, 0.3) is 11.1 Å². The molecule has 0 saturated carbocycles. The summed E-state index contributed by atoms with van der Waals surface area (Å²) in [5, 5.41) is 2.70. The number of nitrogens with zero attached hydrogens (tertiary/aromatic N) is 2. The Morgan fingerprint density at radius 3 is 2.58 bits per heavy atom. The highest BCUT2D eigenvalue weighted by atomic mass is 35.5. The average Bonchev–Trinajstić information content (AvgIpc) is 2.81. The van der Waals surface area contributed by atoms with Gasteiger partial charge < -0.3 is 19.5 Å². The van der Waals surface area contributed by atoms with Gasteiger partial charge in [-0.15, -0.1) is 8.78 Å². The van der Waals surface area contributed by atoms with Gasteiger partial charge in [0.25, 0.3) is 5.91 Å². The molecule has 33 heavy (non-hydrogen) atoms. The Bertz CT molecular complexity index is 1090. The zero-order valence-electron chi connectivity index (χ0n) is 17.3. The van der Waals surface area contributed by atoms with E-state index in [9.17, 15) is 13.6 Å². The van der Waals surface area contributed by atoms with Gasteiger partial charge in [-0.1, -0.05) is 6.07 Å². The largest absolute Gasteiger partial charge is 0.487 e. The monoisotopic (exact) mass is 475 g/mol. The van der Waals surface area contributed by atoms with Crippen molar-refractivity contribution < 1.29 is 27.8 Å². The zero-order valence-corrected chi connectivity index (χ0v) is 18.1. The van der Waals surface area contributed by atoms with E-state index < -0.39 is 11.5 Å². The molecule has 0 spiro atoms. The number of hydrogen-bond acceptors (Lipinski definition) is 6. The number of carbonyl (C=O) groups is 1. The van der Waals surface area contributed by atoms with Crippen molar-refractivity contribution in [2.24, 2.45) is 0 Å². The molecule has 3 aromatic rings. The van der Waals surface area contributed by atoms with Gasteiger partial charge in [0.1, 0.15) is 11.9 Å². The summed E-state index contributed by atoms with van der Waals surface area (Å²) in [6, 6.07) is 10.7. The van der Waals surface area contributed by atoms with Gasteiger partial charge in [0.05, 0.1) is 18.8 Å². The Hall–Kier alpha value is -3.30. The molecule has 0 aliphatic carbocycles. The molecule has 10 heteroatoms.